The van der Waals surface area contributed by atoms with Crippen LogP contribution in [0.5, 0.6) is 0 Å². The Morgan fingerprint density at radius 2 is 1.80 bits per heavy atom. The van der Waals surface area contributed by atoms with Crippen LogP contribution in [-0.2, 0) is 16.1 Å². The van der Waals surface area contributed by atoms with Crippen molar-refractivity contribution in [2.45, 2.75) is 75.5 Å². The molecule has 3 aliphatic heterocycles. The number of hydrogen-bond donors (Lipinski definition) is 2. The first kappa shape index (κ1) is 28.8. The Labute approximate surface area is 267 Å². The number of hydrogen-bond acceptors (Lipinski definition) is 8. The van der Waals surface area contributed by atoms with Crippen LogP contribution in [0.25, 0.3) is 22.3 Å². The molecule has 1 aliphatic carbocycles. The smallest absolute Gasteiger partial charge is 0.255 e. The summed E-state index contributed by atoms with van der Waals surface area (Å²) in [6, 6.07) is 13.6. The molecule has 8 rings (SSSR count). The minimum atomic E-state index is -0.587. The van der Waals surface area contributed by atoms with Crippen LogP contribution in [0.2, 0.25) is 0 Å². The van der Waals surface area contributed by atoms with E-state index in [1.165, 1.54) is 19.3 Å². The molecule has 0 bridgehead atoms. The van der Waals surface area contributed by atoms with Crippen molar-refractivity contribution in [3.05, 3.63) is 72.2 Å². The van der Waals surface area contributed by atoms with Crippen molar-refractivity contribution in [3.63, 3.8) is 0 Å². The lowest BCUT2D eigenvalue weighted by atomic mass is 9.99. The number of carbonyl (C=O) groups excluding carboxylic acids is 3. The molecule has 2 N–H and O–H groups in total. The zero-order valence-electron chi connectivity index (χ0n) is 25.8. The van der Waals surface area contributed by atoms with Crippen molar-refractivity contribution in [2.24, 2.45) is 0 Å². The molecule has 1 saturated carbocycles. The van der Waals surface area contributed by atoms with E-state index in [4.69, 9.17) is 10.1 Å². The first-order valence-corrected chi connectivity index (χ1v) is 16.5. The van der Waals surface area contributed by atoms with E-state index in [1.54, 1.807) is 4.90 Å². The second-order valence-corrected chi connectivity index (χ2v) is 13.2. The van der Waals surface area contributed by atoms with Gasteiger partial charge in [-0.2, -0.15) is 5.10 Å². The number of anilines is 1. The molecular formula is C35H38N8O3. The van der Waals surface area contributed by atoms with Gasteiger partial charge in [0.05, 0.1) is 35.2 Å². The molecule has 2 aromatic carbocycles. The highest BCUT2D eigenvalue weighted by Crippen LogP contribution is 2.47. The lowest BCUT2D eigenvalue weighted by molar-refractivity contribution is -0.136. The monoisotopic (exact) mass is 618 g/mol. The number of amides is 3. The first-order chi connectivity index (χ1) is 22.5. The van der Waals surface area contributed by atoms with Gasteiger partial charge in [-0.3, -0.25) is 34.3 Å². The molecule has 2 aromatic heterocycles. The molecular weight excluding hydrogens is 580 g/mol. The maximum Gasteiger partial charge on any atom is 0.255 e. The zero-order chi connectivity index (χ0) is 31.3. The van der Waals surface area contributed by atoms with E-state index in [0.29, 0.717) is 30.1 Å². The van der Waals surface area contributed by atoms with Gasteiger partial charge in [0.2, 0.25) is 11.8 Å². The number of nitrogens with zero attached hydrogens (tertiary/aromatic N) is 6. The number of likely N-dealkylation sites (tertiary alicyclic amines) is 1. The number of piperidine rings is 2. The van der Waals surface area contributed by atoms with Crippen molar-refractivity contribution in [3.8, 4) is 11.3 Å². The summed E-state index contributed by atoms with van der Waals surface area (Å²) in [5, 5.41) is 10.6. The molecule has 2 saturated heterocycles. The number of benzene rings is 2. The van der Waals surface area contributed by atoms with Crippen LogP contribution in [0, 0.1) is 0 Å². The number of aromatic nitrogens is 4. The maximum atomic E-state index is 13.0. The predicted molar refractivity (Wildman–Crippen MR) is 173 cm³/mol. The highest BCUT2D eigenvalue weighted by Gasteiger charge is 2.48. The Balaban J connectivity index is 0.814. The number of rotatable bonds is 9. The second-order valence-electron chi connectivity index (χ2n) is 13.2. The molecule has 236 valence electrons. The number of carbonyl (C=O) groups is 3. The maximum absolute atomic E-state index is 13.0. The molecule has 0 spiro atoms. The Morgan fingerprint density at radius 3 is 2.61 bits per heavy atom. The summed E-state index contributed by atoms with van der Waals surface area (Å²) in [4.78, 5) is 50.5. The molecule has 5 heterocycles. The topological polar surface area (TPSA) is 125 Å². The Hall–Kier alpha value is -4.64. The van der Waals surface area contributed by atoms with E-state index >= 15 is 0 Å². The average Bonchev–Trinajstić information content (AvgIpc) is 3.57. The molecule has 4 aromatic rings. The highest BCUT2D eigenvalue weighted by atomic mass is 16.2. The van der Waals surface area contributed by atoms with Crippen LogP contribution < -0.4 is 10.6 Å². The summed E-state index contributed by atoms with van der Waals surface area (Å²) in [6.45, 7) is 3.44. The summed E-state index contributed by atoms with van der Waals surface area (Å²) >= 11 is 0. The zero-order valence-corrected chi connectivity index (χ0v) is 25.8. The number of fused-ring (bicyclic) bond motifs is 2. The van der Waals surface area contributed by atoms with Crippen molar-refractivity contribution < 1.29 is 14.4 Å². The van der Waals surface area contributed by atoms with Crippen LogP contribution in [0.1, 0.15) is 73.3 Å². The van der Waals surface area contributed by atoms with Gasteiger partial charge in [-0.05, 0) is 80.8 Å². The molecule has 1 atom stereocenters. The fourth-order valence-electron chi connectivity index (χ4n) is 7.57. The lowest BCUT2D eigenvalue weighted by Crippen LogP contribution is -2.52. The normalized spacial score (nSPS) is 21.4. The first-order valence-electron chi connectivity index (χ1n) is 16.5. The van der Waals surface area contributed by atoms with Crippen molar-refractivity contribution in [1.29, 1.82) is 0 Å². The summed E-state index contributed by atoms with van der Waals surface area (Å²) < 4.78 is 2.13. The number of imide groups is 1. The van der Waals surface area contributed by atoms with Gasteiger partial charge in [0.15, 0.2) is 0 Å². The Morgan fingerprint density at radius 1 is 0.978 bits per heavy atom. The van der Waals surface area contributed by atoms with E-state index in [9.17, 15) is 14.4 Å². The van der Waals surface area contributed by atoms with E-state index in [1.807, 2.05) is 54.9 Å². The fraction of sp³-hybridized carbons (Fsp3) is 0.429. The van der Waals surface area contributed by atoms with Crippen LogP contribution in [0.15, 0.2) is 61.1 Å². The Bertz CT molecular complexity index is 1820. The molecule has 11 nitrogen and oxygen atoms in total. The number of para-hydroxylation sites is 2. The quantitative estimate of drug-likeness (QED) is 0.210. The van der Waals surface area contributed by atoms with Crippen molar-refractivity contribution in [2.75, 3.05) is 25.0 Å². The van der Waals surface area contributed by atoms with Gasteiger partial charge >= 0.3 is 0 Å². The van der Waals surface area contributed by atoms with E-state index in [2.05, 4.69) is 31.4 Å². The minimum Gasteiger partial charge on any atom is -0.385 e. The molecule has 11 heteroatoms. The largest absolute Gasteiger partial charge is 0.385 e. The molecule has 1 unspecified atom stereocenters. The van der Waals surface area contributed by atoms with Crippen LogP contribution in [0.4, 0.5) is 5.69 Å². The third-order valence-corrected chi connectivity index (χ3v) is 10.4. The highest BCUT2D eigenvalue weighted by molar-refractivity contribution is 6.05. The number of nitrogens with one attached hydrogen (secondary N) is 2. The van der Waals surface area contributed by atoms with E-state index < -0.39 is 6.04 Å². The van der Waals surface area contributed by atoms with Crippen LogP contribution in [-0.4, -0.2) is 78.5 Å². The van der Waals surface area contributed by atoms with Gasteiger partial charge in [0.1, 0.15) is 6.04 Å². The minimum absolute atomic E-state index is 0.136. The van der Waals surface area contributed by atoms with Gasteiger partial charge < -0.3 is 10.2 Å². The molecule has 4 aliphatic rings. The fourth-order valence-corrected chi connectivity index (χ4v) is 7.57. The summed E-state index contributed by atoms with van der Waals surface area (Å²) in [5.74, 6) is -0.786. The second kappa shape index (κ2) is 11.6. The summed E-state index contributed by atoms with van der Waals surface area (Å²) in [6.07, 6.45) is 13.5. The van der Waals surface area contributed by atoms with Gasteiger partial charge in [0.25, 0.3) is 5.91 Å². The van der Waals surface area contributed by atoms with Crippen LogP contribution in [0.3, 0.4) is 0 Å². The van der Waals surface area contributed by atoms with Crippen molar-refractivity contribution >= 4 is 34.4 Å². The molecule has 3 fully saturated rings. The predicted octanol–water partition coefficient (Wildman–Crippen LogP) is 4.32. The summed E-state index contributed by atoms with van der Waals surface area (Å²) in [7, 11) is 0. The molecule has 46 heavy (non-hydrogen) atoms. The third kappa shape index (κ3) is 5.42. The van der Waals surface area contributed by atoms with Gasteiger partial charge in [0, 0.05) is 61.1 Å². The summed E-state index contributed by atoms with van der Waals surface area (Å²) in [5.41, 5.74) is 6.56. The molecule has 3 amide bonds. The standard InChI is InChI=1S/C35H38N8O3/c44-32-9-8-31(33(45)40-32)42-21-23-18-25(6-7-27(23)34(42)46)36-15-3-12-35(13-14-35)41-16-10-26(11-17-41)43-22-24(19-38-43)30-20-37-28-4-1-2-5-29(28)39-30/h1-2,4-7,18-20,22,26,31,36H,3,8-17,21H2,(H,40,44,45). The molecule has 0 radical (unpaired) electrons. The van der Waals surface area contributed by atoms with Crippen molar-refractivity contribution in [1.82, 2.24) is 34.9 Å². The van der Waals surface area contributed by atoms with Gasteiger partial charge in [-0.15, -0.1) is 0 Å². The Kier molecular flexibility index (Phi) is 7.28. The third-order valence-electron chi connectivity index (χ3n) is 10.4. The van der Waals surface area contributed by atoms with Gasteiger partial charge in [-0.1, -0.05) is 12.1 Å². The van der Waals surface area contributed by atoms with E-state index in [0.717, 1.165) is 72.4 Å². The average molecular weight is 619 g/mol. The lowest BCUT2D eigenvalue weighted by Gasteiger charge is -2.38. The van der Waals surface area contributed by atoms with E-state index in [-0.39, 0.29) is 24.1 Å². The SMILES string of the molecule is O=C1CCC(N2Cc3cc(NCCCC4(N5CCC(n6cc(-c7cnc8ccccc8n7)cn6)CC5)CC4)ccc3C2=O)C(=O)N1. The van der Waals surface area contributed by atoms with Crippen LogP contribution >= 0.6 is 0 Å². The van der Waals surface area contributed by atoms with Gasteiger partial charge in [-0.25, -0.2) is 4.98 Å².